The molecule has 1 aliphatic heterocycles. The number of aliphatic hydroxyl groups excluding tert-OH is 1. The third-order valence-electron chi connectivity index (χ3n) is 3.61. The van der Waals surface area contributed by atoms with Crippen molar-refractivity contribution >= 4 is 5.69 Å². The van der Waals surface area contributed by atoms with E-state index in [1.807, 2.05) is 12.1 Å². The zero-order valence-electron chi connectivity index (χ0n) is 10.6. The van der Waals surface area contributed by atoms with E-state index in [9.17, 15) is 0 Å². The van der Waals surface area contributed by atoms with Crippen molar-refractivity contribution in [3.8, 4) is 0 Å². The standard InChI is InChI=1S/C13H21N3O/c1-15-7-4-12(5-8-15)16(2)13-3-6-14-11(9-13)10-17/h3,6,9,12,17H,4-5,7-8,10H2,1-2H3. The molecule has 0 radical (unpaired) electrons. The van der Waals surface area contributed by atoms with Crippen molar-refractivity contribution in [1.29, 1.82) is 0 Å². The molecule has 1 aliphatic rings. The Kier molecular flexibility index (Phi) is 3.97. The molecule has 0 unspecified atom stereocenters. The topological polar surface area (TPSA) is 39.6 Å². The Morgan fingerprint density at radius 1 is 1.47 bits per heavy atom. The van der Waals surface area contributed by atoms with Crippen LogP contribution in [-0.2, 0) is 6.61 Å². The number of aromatic nitrogens is 1. The fourth-order valence-electron chi connectivity index (χ4n) is 2.36. The first kappa shape index (κ1) is 12.3. The van der Waals surface area contributed by atoms with Crippen LogP contribution in [0.1, 0.15) is 18.5 Å². The van der Waals surface area contributed by atoms with Crippen LogP contribution in [0.25, 0.3) is 0 Å². The van der Waals surface area contributed by atoms with Crippen molar-refractivity contribution in [1.82, 2.24) is 9.88 Å². The number of hydrogen-bond acceptors (Lipinski definition) is 4. The third-order valence-corrected chi connectivity index (χ3v) is 3.61. The minimum absolute atomic E-state index is 0.00901. The van der Waals surface area contributed by atoms with E-state index < -0.39 is 0 Å². The second-order valence-electron chi connectivity index (χ2n) is 4.81. The zero-order valence-corrected chi connectivity index (χ0v) is 10.6. The van der Waals surface area contributed by atoms with E-state index in [2.05, 4.69) is 28.9 Å². The summed E-state index contributed by atoms with van der Waals surface area (Å²) in [5.41, 5.74) is 1.89. The van der Waals surface area contributed by atoms with Crippen LogP contribution < -0.4 is 4.90 Å². The molecule has 4 heteroatoms. The van der Waals surface area contributed by atoms with Gasteiger partial charge in [0.15, 0.2) is 0 Å². The molecule has 1 saturated heterocycles. The highest BCUT2D eigenvalue weighted by Crippen LogP contribution is 2.21. The lowest BCUT2D eigenvalue weighted by molar-refractivity contribution is 0.252. The number of anilines is 1. The van der Waals surface area contributed by atoms with Gasteiger partial charge >= 0.3 is 0 Å². The van der Waals surface area contributed by atoms with Crippen molar-refractivity contribution in [3.05, 3.63) is 24.0 Å². The second kappa shape index (κ2) is 5.47. The van der Waals surface area contributed by atoms with Gasteiger partial charge in [-0.1, -0.05) is 0 Å². The monoisotopic (exact) mass is 235 g/mol. The smallest absolute Gasteiger partial charge is 0.0853 e. The van der Waals surface area contributed by atoms with Crippen molar-refractivity contribution in [3.63, 3.8) is 0 Å². The highest BCUT2D eigenvalue weighted by molar-refractivity contribution is 5.46. The molecule has 1 fully saturated rings. The normalized spacial score (nSPS) is 18.3. The SMILES string of the molecule is CN1CCC(N(C)c2ccnc(CO)c2)CC1. The predicted molar refractivity (Wildman–Crippen MR) is 69.1 cm³/mol. The molecular formula is C13H21N3O. The number of aliphatic hydroxyl groups is 1. The van der Waals surface area contributed by atoms with E-state index in [1.54, 1.807) is 6.20 Å². The van der Waals surface area contributed by atoms with E-state index in [4.69, 9.17) is 5.11 Å². The van der Waals surface area contributed by atoms with Gasteiger partial charge < -0.3 is 14.9 Å². The summed E-state index contributed by atoms with van der Waals surface area (Å²) in [5.74, 6) is 0. The maximum Gasteiger partial charge on any atom is 0.0853 e. The van der Waals surface area contributed by atoms with Gasteiger partial charge in [-0.05, 0) is 45.1 Å². The molecule has 1 aromatic heterocycles. The summed E-state index contributed by atoms with van der Waals surface area (Å²) < 4.78 is 0. The molecule has 0 atom stereocenters. The van der Waals surface area contributed by atoms with Gasteiger partial charge in [0.1, 0.15) is 0 Å². The van der Waals surface area contributed by atoms with Gasteiger partial charge in [0.25, 0.3) is 0 Å². The quantitative estimate of drug-likeness (QED) is 0.852. The number of hydrogen-bond donors (Lipinski definition) is 1. The van der Waals surface area contributed by atoms with E-state index in [0.717, 1.165) is 24.5 Å². The molecule has 0 aromatic carbocycles. The fraction of sp³-hybridized carbons (Fsp3) is 0.615. The lowest BCUT2D eigenvalue weighted by Gasteiger charge is -2.36. The summed E-state index contributed by atoms with van der Waals surface area (Å²) in [6.07, 6.45) is 4.17. The van der Waals surface area contributed by atoms with Crippen molar-refractivity contribution in [2.75, 3.05) is 32.1 Å². The minimum atomic E-state index is 0.00901. The van der Waals surface area contributed by atoms with Crippen molar-refractivity contribution in [2.24, 2.45) is 0 Å². The zero-order chi connectivity index (χ0) is 12.3. The van der Waals surface area contributed by atoms with Crippen LogP contribution in [0.5, 0.6) is 0 Å². The summed E-state index contributed by atoms with van der Waals surface area (Å²) in [5, 5.41) is 9.10. The average Bonchev–Trinajstić information content (AvgIpc) is 2.39. The van der Waals surface area contributed by atoms with Gasteiger partial charge in [0.05, 0.1) is 12.3 Å². The van der Waals surface area contributed by atoms with Crippen LogP contribution in [0, 0.1) is 0 Å². The summed E-state index contributed by atoms with van der Waals surface area (Å²) in [6.45, 7) is 2.33. The largest absolute Gasteiger partial charge is 0.390 e. The number of piperidine rings is 1. The molecule has 0 saturated carbocycles. The molecular weight excluding hydrogens is 214 g/mol. The Bertz CT molecular complexity index is 361. The molecule has 1 aromatic rings. The molecule has 94 valence electrons. The van der Waals surface area contributed by atoms with Crippen LogP contribution in [0.15, 0.2) is 18.3 Å². The van der Waals surface area contributed by atoms with Gasteiger partial charge in [-0.2, -0.15) is 0 Å². The Balaban J connectivity index is 2.05. The van der Waals surface area contributed by atoms with Gasteiger partial charge in [0, 0.05) is 25.0 Å². The Hall–Kier alpha value is -1.13. The molecule has 1 N–H and O–H groups in total. The third kappa shape index (κ3) is 2.96. The summed E-state index contributed by atoms with van der Waals surface area (Å²) in [6, 6.07) is 4.58. The summed E-state index contributed by atoms with van der Waals surface area (Å²) in [7, 11) is 4.30. The van der Waals surface area contributed by atoms with Gasteiger partial charge in [-0.25, -0.2) is 0 Å². The first-order valence-corrected chi connectivity index (χ1v) is 6.18. The molecule has 0 bridgehead atoms. The minimum Gasteiger partial charge on any atom is -0.390 e. The number of nitrogens with zero attached hydrogens (tertiary/aromatic N) is 3. The van der Waals surface area contributed by atoms with Crippen molar-refractivity contribution in [2.45, 2.75) is 25.5 Å². The average molecular weight is 235 g/mol. The van der Waals surface area contributed by atoms with E-state index in [-0.39, 0.29) is 6.61 Å². The highest BCUT2D eigenvalue weighted by atomic mass is 16.3. The Morgan fingerprint density at radius 2 is 2.18 bits per heavy atom. The molecule has 0 aliphatic carbocycles. The summed E-state index contributed by atoms with van der Waals surface area (Å²) in [4.78, 5) is 8.80. The van der Waals surface area contributed by atoms with Crippen LogP contribution in [0.4, 0.5) is 5.69 Å². The maximum atomic E-state index is 9.10. The maximum absolute atomic E-state index is 9.10. The van der Waals surface area contributed by atoms with Crippen LogP contribution in [0.2, 0.25) is 0 Å². The van der Waals surface area contributed by atoms with Gasteiger partial charge in [0.2, 0.25) is 0 Å². The lowest BCUT2D eigenvalue weighted by atomic mass is 10.0. The molecule has 0 spiro atoms. The first-order valence-electron chi connectivity index (χ1n) is 6.18. The van der Waals surface area contributed by atoms with Gasteiger partial charge in [-0.3, -0.25) is 4.98 Å². The van der Waals surface area contributed by atoms with E-state index in [0.29, 0.717) is 6.04 Å². The summed E-state index contributed by atoms with van der Waals surface area (Å²) >= 11 is 0. The molecule has 4 nitrogen and oxygen atoms in total. The fourth-order valence-corrected chi connectivity index (χ4v) is 2.36. The highest BCUT2D eigenvalue weighted by Gasteiger charge is 2.20. The first-order chi connectivity index (χ1) is 8.20. The molecule has 2 heterocycles. The molecule has 17 heavy (non-hydrogen) atoms. The Morgan fingerprint density at radius 3 is 2.82 bits per heavy atom. The Labute approximate surface area is 103 Å². The predicted octanol–water partition coefficient (Wildman–Crippen LogP) is 1.10. The number of rotatable bonds is 3. The van der Waals surface area contributed by atoms with Crippen LogP contribution in [-0.4, -0.2) is 48.2 Å². The molecule has 2 rings (SSSR count). The number of likely N-dealkylation sites (tertiary alicyclic amines) is 1. The lowest BCUT2D eigenvalue weighted by Crippen LogP contribution is -2.42. The number of pyridine rings is 1. The van der Waals surface area contributed by atoms with E-state index in [1.165, 1.54) is 12.8 Å². The van der Waals surface area contributed by atoms with Crippen LogP contribution >= 0.6 is 0 Å². The van der Waals surface area contributed by atoms with Crippen molar-refractivity contribution < 1.29 is 5.11 Å². The molecule has 0 amide bonds. The second-order valence-corrected chi connectivity index (χ2v) is 4.81. The van der Waals surface area contributed by atoms with Crippen LogP contribution in [0.3, 0.4) is 0 Å². The van der Waals surface area contributed by atoms with Gasteiger partial charge in [-0.15, -0.1) is 0 Å². The van der Waals surface area contributed by atoms with E-state index >= 15 is 0 Å².